The lowest BCUT2D eigenvalue weighted by atomic mass is 9.86. The van der Waals surface area contributed by atoms with Crippen molar-refractivity contribution < 1.29 is 0 Å². The Hall–Kier alpha value is -0.0800. The maximum atomic E-state index is 5.92. The van der Waals surface area contributed by atoms with Crippen LogP contribution in [-0.2, 0) is 0 Å². The first kappa shape index (κ1) is 16.0. The van der Waals surface area contributed by atoms with Crippen molar-refractivity contribution in [2.24, 2.45) is 17.6 Å². The van der Waals surface area contributed by atoms with Gasteiger partial charge in [0.05, 0.1) is 0 Å². The summed E-state index contributed by atoms with van der Waals surface area (Å²) in [7, 11) is 0. The lowest BCUT2D eigenvalue weighted by Gasteiger charge is -2.26. The van der Waals surface area contributed by atoms with Crippen molar-refractivity contribution in [3.05, 3.63) is 0 Å². The molecule has 0 aromatic carbocycles. The minimum absolute atomic E-state index is 0.488. The van der Waals surface area contributed by atoms with Crippen LogP contribution in [0.5, 0.6) is 0 Å². The van der Waals surface area contributed by atoms with Crippen LogP contribution >= 0.6 is 0 Å². The van der Waals surface area contributed by atoms with E-state index in [4.69, 9.17) is 5.73 Å². The zero-order valence-corrected chi connectivity index (χ0v) is 12.6. The molecular weight excluding hydrogens is 220 g/mol. The van der Waals surface area contributed by atoms with Crippen LogP contribution in [-0.4, -0.2) is 19.1 Å². The number of hydrogen-bond donors (Lipinski definition) is 2. The molecule has 0 aromatic rings. The van der Waals surface area contributed by atoms with E-state index in [1.807, 2.05) is 0 Å². The van der Waals surface area contributed by atoms with Gasteiger partial charge in [-0.2, -0.15) is 0 Å². The Morgan fingerprint density at radius 3 is 2.33 bits per heavy atom. The summed E-state index contributed by atoms with van der Waals surface area (Å²) in [5, 5.41) is 3.63. The second-order valence-corrected chi connectivity index (χ2v) is 6.58. The monoisotopic (exact) mass is 254 g/mol. The molecule has 0 unspecified atom stereocenters. The van der Waals surface area contributed by atoms with E-state index in [9.17, 15) is 0 Å². The summed E-state index contributed by atoms with van der Waals surface area (Å²) in [4.78, 5) is 0. The van der Waals surface area contributed by atoms with Gasteiger partial charge in [-0.05, 0) is 57.0 Å². The molecule has 0 aromatic heterocycles. The molecule has 2 heteroatoms. The van der Waals surface area contributed by atoms with Crippen molar-refractivity contribution in [2.45, 2.75) is 77.7 Å². The lowest BCUT2D eigenvalue weighted by molar-refractivity contribution is 0.314. The predicted octanol–water partition coefficient (Wildman–Crippen LogP) is 3.70. The van der Waals surface area contributed by atoms with Crippen LogP contribution < -0.4 is 11.1 Å². The van der Waals surface area contributed by atoms with E-state index >= 15 is 0 Å². The van der Waals surface area contributed by atoms with Crippen molar-refractivity contribution in [3.63, 3.8) is 0 Å². The van der Waals surface area contributed by atoms with E-state index < -0.39 is 0 Å². The van der Waals surface area contributed by atoms with E-state index in [1.54, 1.807) is 0 Å². The third-order valence-corrected chi connectivity index (χ3v) is 4.21. The second-order valence-electron chi connectivity index (χ2n) is 6.58. The Kier molecular flexibility index (Phi) is 8.70. The molecule has 0 amide bonds. The molecule has 0 aliphatic heterocycles. The Morgan fingerprint density at radius 2 is 1.67 bits per heavy atom. The summed E-state index contributed by atoms with van der Waals surface area (Å²) in [6, 6.07) is 0.488. The third-order valence-electron chi connectivity index (χ3n) is 4.21. The molecular formula is C16H34N2. The first-order chi connectivity index (χ1) is 8.68. The quantitative estimate of drug-likeness (QED) is 0.616. The molecule has 18 heavy (non-hydrogen) atoms. The van der Waals surface area contributed by atoms with Gasteiger partial charge in [0.15, 0.2) is 0 Å². The highest BCUT2D eigenvalue weighted by Crippen LogP contribution is 2.22. The van der Waals surface area contributed by atoms with E-state index in [0.29, 0.717) is 6.04 Å². The van der Waals surface area contributed by atoms with Crippen LogP contribution in [0.3, 0.4) is 0 Å². The van der Waals surface area contributed by atoms with Crippen LogP contribution in [0.1, 0.15) is 71.6 Å². The number of nitrogens with one attached hydrogen (secondary N) is 1. The zero-order chi connectivity index (χ0) is 13.2. The van der Waals surface area contributed by atoms with E-state index in [2.05, 4.69) is 19.2 Å². The summed E-state index contributed by atoms with van der Waals surface area (Å²) in [6.45, 7) is 7.07. The van der Waals surface area contributed by atoms with Gasteiger partial charge in [-0.25, -0.2) is 0 Å². The van der Waals surface area contributed by atoms with Gasteiger partial charge in [0.25, 0.3) is 0 Å². The van der Waals surface area contributed by atoms with Crippen molar-refractivity contribution in [3.8, 4) is 0 Å². The molecule has 0 radical (unpaired) electrons. The average Bonchev–Trinajstić information content (AvgIpc) is 2.34. The maximum Gasteiger partial charge on any atom is 0.00390 e. The van der Waals surface area contributed by atoms with Crippen LogP contribution in [0.2, 0.25) is 0 Å². The van der Waals surface area contributed by atoms with Crippen LogP contribution in [0.25, 0.3) is 0 Å². The SMILES string of the molecule is CC(C)CCCCCCNCC1CCC(N)CC1. The predicted molar refractivity (Wildman–Crippen MR) is 80.7 cm³/mol. The van der Waals surface area contributed by atoms with Gasteiger partial charge >= 0.3 is 0 Å². The number of nitrogens with two attached hydrogens (primary N) is 1. The summed E-state index contributed by atoms with van der Waals surface area (Å²) >= 11 is 0. The minimum Gasteiger partial charge on any atom is -0.328 e. The Balaban J connectivity index is 1.81. The van der Waals surface area contributed by atoms with Crippen molar-refractivity contribution in [2.75, 3.05) is 13.1 Å². The first-order valence-corrected chi connectivity index (χ1v) is 8.14. The van der Waals surface area contributed by atoms with Crippen LogP contribution in [0, 0.1) is 11.8 Å². The normalized spacial score (nSPS) is 24.7. The molecule has 1 rings (SSSR count). The van der Waals surface area contributed by atoms with Crippen molar-refractivity contribution in [1.82, 2.24) is 5.32 Å². The Morgan fingerprint density at radius 1 is 1.00 bits per heavy atom. The summed E-state index contributed by atoms with van der Waals surface area (Å²) in [5.74, 6) is 1.77. The van der Waals surface area contributed by atoms with E-state index in [0.717, 1.165) is 11.8 Å². The van der Waals surface area contributed by atoms with Crippen LogP contribution in [0.15, 0.2) is 0 Å². The highest BCUT2D eigenvalue weighted by molar-refractivity contribution is 4.75. The maximum absolute atomic E-state index is 5.92. The molecule has 0 heterocycles. The lowest BCUT2D eigenvalue weighted by Crippen LogP contribution is -2.32. The molecule has 2 nitrogen and oxygen atoms in total. The standard InChI is InChI=1S/C16H34N2/c1-14(2)7-5-3-4-6-12-18-13-15-8-10-16(17)11-9-15/h14-16,18H,3-13,17H2,1-2H3. The molecule has 0 spiro atoms. The molecule has 1 fully saturated rings. The molecule has 1 aliphatic rings. The zero-order valence-electron chi connectivity index (χ0n) is 12.6. The largest absolute Gasteiger partial charge is 0.328 e. The summed E-state index contributed by atoms with van der Waals surface area (Å²) < 4.78 is 0. The molecule has 3 N–H and O–H groups in total. The van der Waals surface area contributed by atoms with E-state index in [-0.39, 0.29) is 0 Å². The first-order valence-electron chi connectivity index (χ1n) is 8.14. The highest BCUT2D eigenvalue weighted by atomic mass is 14.9. The van der Waals surface area contributed by atoms with Gasteiger partial charge in [0.1, 0.15) is 0 Å². The van der Waals surface area contributed by atoms with Crippen molar-refractivity contribution >= 4 is 0 Å². The molecule has 0 saturated heterocycles. The third kappa shape index (κ3) is 8.10. The topological polar surface area (TPSA) is 38.0 Å². The van der Waals surface area contributed by atoms with E-state index in [1.165, 1.54) is 70.9 Å². The van der Waals surface area contributed by atoms with Gasteiger partial charge in [0.2, 0.25) is 0 Å². The van der Waals surface area contributed by atoms with Gasteiger partial charge in [-0.3, -0.25) is 0 Å². The molecule has 1 aliphatic carbocycles. The fourth-order valence-corrected chi connectivity index (χ4v) is 2.85. The minimum atomic E-state index is 0.488. The Labute approximate surface area is 114 Å². The number of rotatable bonds is 9. The average molecular weight is 254 g/mol. The van der Waals surface area contributed by atoms with Gasteiger partial charge in [-0.1, -0.05) is 39.5 Å². The molecule has 108 valence electrons. The Bertz CT molecular complexity index is 184. The fourth-order valence-electron chi connectivity index (χ4n) is 2.85. The smallest absolute Gasteiger partial charge is 0.00390 e. The molecule has 0 atom stereocenters. The second kappa shape index (κ2) is 9.80. The van der Waals surface area contributed by atoms with Gasteiger partial charge < -0.3 is 11.1 Å². The van der Waals surface area contributed by atoms with Gasteiger partial charge in [-0.15, -0.1) is 0 Å². The fraction of sp³-hybridized carbons (Fsp3) is 1.00. The van der Waals surface area contributed by atoms with Crippen molar-refractivity contribution in [1.29, 1.82) is 0 Å². The number of unbranched alkanes of at least 4 members (excludes halogenated alkanes) is 3. The van der Waals surface area contributed by atoms with Crippen LogP contribution in [0.4, 0.5) is 0 Å². The summed E-state index contributed by atoms with van der Waals surface area (Å²) in [6.07, 6.45) is 12.1. The summed E-state index contributed by atoms with van der Waals surface area (Å²) in [5.41, 5.74) is 5.92. The number of hydrogen-bond acceptors (Lipinski definition) is 2. The highest BCUT2D eigenvalue weighted by Gasteiger charge is 2.17. The molecule has 1 saturated carbocycles. The molecule has 0 bridgehead atoms. The van der Waals surface area contributed by atoms with Gasteiger partial charge in [0, 0.05) is 6.04 Å².